The van der Waals surface area contributed by atoms with Gasteiger partial charge in [0.1, 0.15) is 6.04 Å². The van der Waals surface area contributed by atoms with Crippen molar-refractivity contribution < 1.29 is 9.53 Å². The Kier molecular flexibility index (Phi) is 6.72. The van der Waals surface area contributed by atoms with Gasteiger partial charge in [-0.05, 0) is 18.1 Å². The zero-order valence-corrected chi connectivity index (χ0v) is 13.4. The Labute approximate surface area is 131 Å². The Balaban J connectivity index is 0.00000220. The summed E-state index contributed by atoms with van der Waals surface area (Å²) in [5.41, 5.74) is 8.18. The van der Waals surface area contributed by atoms with Gasteiger partial charge in [0.05, 0.1) is 7.11 Å². The second kappa shape index (κ2) is 8.05. The summed E-state index contributed by atoms with van der Waals surface area (Å²) < 4.78 is 6.95. The molecule has 1 unspecified atom stereocenters. The maximum atomic E-state index is 11.5. The first-order valence-corrected chi connectivity index (χ1v) is 7.07. The predicted molar refractivity (Wildman–Crippen MR) is 87.8 cm³/mol. The summed E-state index contributed by atoms with van der Waals surface area (Å²) in [6, 6.07) is 7.63. The van der Waals surface area contributed by atoms with Crippen LogP contribution in [0.1, 0.15) is 25.3 Å². The van der Waals surface area contributed by atoms with Crippen LogP contribution in [0.25, 0.3) is 10.9 Å². The molecule has 1 aromatic heterocycles. The molecule has 1 aromatic carbocycles. The quantitative estimate of drug-likeness (QED) is 0.835. The highest BCUT2D eigenvalue weighted by molar-refractivity contribution is 5.85. The summed E-state index contributed by atoms with van der Waals surface area (Å²) in [4.78, 5) is 11.5. The van der Waals surface area contributed by atoms with Gasteiger partial charge >= 0.3 is 5.97 Å². The van der Waals surface area contributed by atoms with Crippen molar-refractivity contribution in [1.29, 1.82) is 0 Å². The average molecular weight is 311 g/mol. The zero-order chi connectivity index (χ0) is 14.5. The molecule has 2 N–H and O–H groups in total. The second-order valence-corrected chi connectivity index (χ2v) is 5.05. The van der Waals surface area contributed by atoms with Crippen molar-refractivity contribution in [2.45, 2.75) is 38.8 Å². The molecule has 0 spiro atoms. The van der Waals surface area contributed by atoms with Gasteiger partial charge in [-0.2, -0.15) is 0 Å². The van der Waals surface area contributed by atoms with Crippen molar-refractivity contribution in [1.82, 2.24) is 4.57 Å². The van der Waals surface area contributed by atoms with Crippen LogP contribution in [0.5, 0.6) is 0 Å². The van der Waals surface area contributed by atoms with Crippen molar-refractivity contribution in [3.05, 3.63) is 36.0 Å². The Morgan fingerprint density at radius 3 is 2.76 bits per heavy atom. The number of nitrogens with zero attached hydrogens (tertiary/aromatic N) is 1. The van der Waals surface area contributed by atoms with E-state index >= 15 is 0 Å². The maximum absolute atomic E-state index is 11.5. The van der Waals surface area contributed by atoms with Crippen LogP contribution >= 0.6 is 12.4 Å². The molecule has 0 amide bonds. The number of methoxy groups -OCH3 is 1. The number of halogens is 1. The highest BCUT2D eigenvalue weighted by Crippen LogP contribution is 2.23. The van der Waals surface area contributed by atoms with Crippen LogP contribution in [0.3, 0.4) is 0 Å². The third kappa shape index (κ3) is 3.99. The second-order valence-electron chi connectivity index (χ2n) is 5.05. The SMILES string of the molecule is CCCCn1cc(CC(N)C(=O)OC)c2ccccc21.Cl. The molecular formula is C16H23ClN2O2. The third-order valence-corrected chi connectivity index (χ3v) is 3.57. The molecule has 0 aliphatic heterocycles. The van der Waals surface area contributed by atoms with E-state index in [9.17, 15) is 4.79 Å². The minimum absolute atomic E-state index is 0. The van der Waals surface area contributed by atoms with Crippen LogP contribution in [0.15, 0.2) is 30.5 Å². The van der Waals surface area contributed by atoms with Crippen molar-refractivity contribution in [3.63, 3.8) is 0 Å². The van der Waals surface area contributed by atoms with Crippen molar-refractivity contribution in [2.24, 2.45) is 5.73 Å². The number of carbonyl (C=O) groups is 1. The Morgan fingerprint density at radius 2 is 2.10 bits per heavy atom. The Bertz CT molecular complexity index is 595. The number of unbranched alkanes of at least 4 members (excludes halogenated alkanes) is 1. The van der Waals surface area contributed by atoms with Crippen molar-refractivity contribution >= 4 is 29.3 Å². The monoisotopic (exact) mass is 310 g/mol. The summed E-state index contributed by atoms with van der Waals surface area (Å²) in [7, 11) is 1.37. The topological polar surface area (TPSA) is 57.2 Å². The molecule has 0 saturated heterocycles. The molecular weight excluding hydrogens is 288 g/mol. The summed E-state index contributed by atoms with van der Waals surface area (Å²) in [5.74, 6) is -0.365. The fraction of sp³-hybridized carbons (Fsp3) is 0.438. The smallest absolute Gasteiger partial charge is 0.322 e. The molecule has 1 atom stereocenters. The predicted octanol–water partition coefficient (Wildman–Crippen LogP) is 2.91. The van der Waals surface area contributed by atoms with Crippen LogP contribution in [0, 0.1) is 0 Å². The molecule has 0 bridgehead atoms. The first-order valence-electron chi connectivity index (χ1n) is 7.07. The number of aryl methyl sites for hydroxylation is 1. The molecule has 21 heavy (non-hydrogen) atoms. The van der Waals surface area contributed by atoms with Crippen LogP contribution in [-0.4, -0.2) is 23.7 Å². The number of carbonyl (C=O) groups excluding carboxylic acids is 1. The van der Waals surface area contributed by atoms with Gasteiger partial charge in [0.25, 0.3) is 0 Å². The fourth-order valence-corrected chi connectivity index (χ4v) is 2.47. The number of rotatable bonds is 6. The minimum Gasteiger partial charge on any atom is -0.468 e. The van der Waals surface area contributed by atoms with Crippen molar-refractivity contribution in [3.8, 4) is 0 Å². The molecule has 0 radical (unpaired) electrons. The molecule has 5 heteroatoms. The maximum Gasteiger partial charge on any atom is 0.322 e. The largest absolute Gasteiger partial charge is 0.468 e. The summed E-state index contributed by atoms with van der Waals surface area (Å²) in [6.07, 6.45) is 4.92. The van der Waals surface area contributed by atoms with Gasteiger partial charge in [-0.3, -0.25) is 4.79 Å². The third-order valence-electron chi connectivity index (χ3n) is 3.57. The van der Waals surface area contributed by atoms with Gasteiger partial charge in [-0.15, -0.1) is 12.4 Å². The van der Waals surface area contributed by atoms with E-state index in [0.29, 0.717) is 6.42 Å². The standard InChI is InChI=1S/C16H22N2O2.ClH/c1-3-4-9-18-11-12(10-14(17)16(19)20-2)13-7-5-6-8-15(13)18;/h5-8,11,14H,3-4,9-10,17H2,1-2H3;1H. The molecule has 4 nitrogen and oxygen atoms in total. The fourth-order valence-electron chi connectivity index (χ4n) is 2.47. The number of aromatic nitrogens is 1. The van der Waals surface area contributed by atoms with Crippen molar-refractivity contribution in [2.75, 3.05) is 7.11 Å². The van der Waals surface area contributed by atoms with E-state index in [4.69, 9.17) is 10.5 Å². The molecule has 116 valence electrons. The summed E-state index contributed by atoms with van der Waals surface area (Å²) in [5, 5.41) is 1.17. The van der Waals surface area contributed by atoms with E-state index in [1.807, 2.05) is 12.1 Å². The molecule has 0 saturated carbocycles. The first kappa shape index (κ1) is 17.5. The van der Waals surface area contributed by atoms with Gasteiger partial charge in [0.2, 0.25) is 0 Å². The molecule has 2 aromatic rings. The lowest BCUT2D eigenvalue weighted by atomic mass is 10.1. The lowest BCUT2D eigenvalue weighted by molar-refractivity contribution is -0.142. The molecule has 0 aliphatic carbocycles. The lowest BCUT2D eigenvalue weighted by Crippen LogP contribution is -2.33. The van der Waals surface area contributed by atoms with Crippen LogP contribution in [0.4, 0.5) is 0 Å². The van der Waals surface area contributed by atoms with E-state index in [1.54, 1.807) is 0 Å². The Morgan fingerprint density at radius 1 is 1.38 bits per heavy atom. The number of hydrogen-bond donors (Lipinski definition) is 1. The number of hydrogen-bond acceptors (Lipinski definition) is 3. The molecule has 0 aliphatic rings. The highest BCUT2D eigenvalue weighted by atomic mass is 35.5. The van der Waals surface area contributed by atoms with Gasteiger partial charge in [0.15, 0.2) is 0 Å². The number of nitrogens with two attached hydrogens (primary N) is 1. The lowest BCUT2D eigenvalue weighted by Gasteiger charge is -2.07. The van der Waals surface area contributed by atoms with Crippen LogP contribution in [-0.2, 0) is 22.5 Å². The average Bonchev–Trinajstić information content (AvgIpc) is 2.82. The number of ether oxygens (including phenoxy) is 1. The van der Waals surface area contributed by atoms with E-state index < -0.39 is 6.04 Å². The number of para-hydroxylation sites is 1. The Hall–Kier alpha value is -1.52. The molecule has 0 fully saturated rings. The van der Waals surface area contributed by atoms with Crippen LogP contribution in [0.2, 0.25) is 0 Å². The zero-order valence-electron chi connectivity index (χ0n) is 12.5. The van der Waals surface area contributed by atoms with Gasteiger partial charge in [-0.1, -0.05) is 31.5 Å². The summed E-state index contributed by atoms with van der Waals surface area (Å²) in [6.45, 7) is 3.17. The molecule has 2 rings (SSSR count). The van der Waals surface area contributed by atoms with Gasteiger partial charge < -0.3 is 15.0 Å². The number of fused-ring (bicyclic) bond motifs is 1. The first-order chi connectivity index (χ1) is 9.67. The van der Waals surface area contributed by atoms with E-state index in [2.05, 4.69) is 29.8 Å². The molecule has 1 heterocycles. The van der Waals surface area contributed by atoms with Crippen LogP contribution < -0.4 is 5.73 Å². The normalized spacial score (nSPS) is 12.0. The number of esters is 1. The van der Waals surface area contributed by atoms with E-state index in [1.165, 1.54) is 18.0 Å². The number of benzene rings is 1. The highest BCUT2D eigenvalue weighted by Gasteiger charge is 2.17. The van der Waals surface area contributed by atoms with E-state index in [-0.39, 0.29) is 18.4 Å². The van der Waals surface area contributed by atoms with Gasteiger partial charge in [-0.25, -0.2) is 0 Å². The summed E-state index contributed by atoms with van der Waals surface area (Å²) >= 11 is 0. The van der Waals surface area contributed by atoms with Gasteiger partial charge in [0, 0.05) is 30.1 Å². The minimum atomic E-state index is -0.606. The van der Waals surface area contributed by atoms with E-state index in [0.717, 1.165) is 24.9 Å².